The highest BCUT2D eigenvalue weighted by atomic mass is 16.3. The molecule has 0 fully saturated rings. The van der Waals surface area contributed by atoms with Crippen LogP contribution < -0.4 is 0 Å². The standard InChI is InChI=1S/C29H24O/c1-2-3-7-19-12-13-20-17-21-14-15-22(18-27(21)26(20)16-19)23-9-6-10-25-24-8-4-5-11-28(24)30-29(23)25/h4-6,8-16,18H,2-3,7,17H2,1H3. The van der Waals surface area contributed by atoms with E-state index in [1.807, 2.05) is 6.07 Å². The zero-order valence-corrected chi connectivity index (χ0v) is 17.2. The van der Waals surface area contributed by atoms with Crippen molar-refractivity contribution in [2.75, 3.05) is 0 Å². The highest BCUT2D eigenvalue weighted by molar-refractivity contribution is 6.09. The Labute approximate surface area is 177 Å². The number of furan rings is 1. The molecule has 1 nitrogen and oxygen atoms in total. The van der Waals surface area contributed by atoms with Crippen LogP contribution in [0, 0.1) is 0 Å². The summed E-state index contributed by atoms with van der Waals surface area (Å²) in [5, 5.41) is 2.37. The molecule has 0 amide bonds. The minimum Gasteiger partial charge on any atom is -0.455 e. The first-order valence-corrected chi connectivity index (χ1v) is 11.0. The quantitative estimate of drug-likeness (QED) is 0.297. The van der Waals surface area contributed by atoms with Gasteiger partial charge in [-0.15, -0.1) is 0 Å². The highest BCUT2D eigenvalue weighted by Gasteiger charge is 2.20. The smallest absolute Gasteiger partial charge is 0.143 e. The molecular formula is C29H24O. The summed E-state index contributed by atoms with van der Waals surface area (Å²) in [7, 11) is 0. The van der Waals surface area contributed by atoms with Crippen molar-refractivity contribution in [3.63, 3.8) is 0 Å². The van der Waals surface area contributed by atoms with Gasteiger partial charge in [-0.05, 0) is 64.8 Å². The summed E-state index contributed by atoms with van der Waals surface area (Å²) in [5.41, 5.74) is 11.5. The number of hydrogen-bond donors (Lipinski definition) is 0. The third kappa shape index (κ3) is 2.69. The zero-order valence-electron chi connectivity index (χ0n) is 17.2. The number of para-hydroxylation sites is 2. The van der Waals surface area contributed by atoms with Gasteiger partial charge in [0.25, 0.3) is 0 Å². The number of rotatable bonds is 4. The van der Waals surface area contributed by atoms with Crippen LogP contribution in [-0.2, 0) is 12.8 Å². The summed E-state index contributed by atoms with van der Waals surface area (Å²) in [4.78, 5) is 0. The van der Waals surface area contributed by atoms with Gasteiger partial charge in [-0.1, -0.05) is 80.1 Å². The van der Waals surface area contributed by atoms with Gasteiger partial charge in [0.15, 0.2) is 0 Å². The van der Waals surface area contributed by atoms with Crippen LogP contribution in [-0.4, -0.2) is 0 Å². The molecule has 0 aliphatic heterocycles. The molecule has 0 N–H and O–H groups in total. The molecule has 30 heavy (non-hydrogen) atoms. The Balaban J connectivity index is 1.50. The summed E-state index contributed by atoms with van der Waals surface area (Å²) in [6, 6.07) is 28.8. The van der Waals surface area contributed by atoms with Crippen LogP contribution in [0.3, 0.4) is 0 Å². The molecule has 1 aliphatic carbocycles. The molecule has 5 aromatic rings. The second-order valence-corrected chi connectivity index (χ2v) is 8.42. The lowest BCUT2D eigenvalue weighted by molar-refractivity contribution is 0.670. The number of benzene rings is 4. The zero-order chi connectivity index (χ0) is 20.1. The lowest BCUT2D eigenvalue weighted by Gasteiger charge is -2.08. The molecule has 0 radical (unpaired) electrons. The minimum atomic E-state index is 0.951. The molecule has 0 atom stereocenters. The Hall–Kier alpha value is -3.32. The average Bonchev–Trinajstić information content (AvgIpc) is 3.35. The van der Waals surface area contributed by atoms with E-state index in [0.717, 1.165) is 24.0 Å². The van der Waals surface area contributed by atoms with Crippen LogP contribution in [0.1, 0.15) is 36.5 Å². The topological polar surface area (TPSA) is 13.1 Å². The Morgan fingerprint density at radius 2 is 1.53 bits per heavy atom. The van der Waals surface area contributed by atoms with Gasteiger partial charge < -0.3 is 4.42 Å². The van der Waals surface area contributed by atoms with E-state index < -0.39 is 0 Å². The van der Waals surface area contributed by atoms with E-state index in [0.29, 0.717) is 0 Å². The van der Waals surface area contributed by atoms with Crippen molar-refractivity contribution < 1.29 is 4.42 Å². The molecule has 0 saturated carbocycles. The van der Waals surface area contributed by atoms with E-state index in [-0.39, 0.29) is 0 Å². The molecule has 0 saturated heterocycles. The van der Waals surface area contributed by atoms with Crippen molar-refractivity contribution in [2.45, 2.75) is 32.6 Å². The Bertz CT molecular complexity index is 1400. The minimum absolute atomic E-state index is 0.951. The number of hydrogen-bond acceptors (Lipinski definition) is 1. The van der Waals surface area contributed by atoms with Gasteiger partial charge in [0.05, 0.1) is 0 Å². The fourth-order valence-electron chi connectivity index (χ4n) is 4.89. The first-order chi connectivity index (χ1) is 14.8. The fourth-order valence-corrected chi connectivity index (χ4v) is 4.89. The molecule has 1 heteroatoms. The molecule has 1 aliphatic rings. The van der Waals surface area contributed by atoms with Crippen molar-refractivity contribution in [1.82, 2.24) is 0 Å². The summed E-state index contributed by atoms with van der Waals surface area (Å²) < 4.78 is 6.29. The van der Waals surface area contributed by atoms with Crippen molar-refractivity contribution >= 4 is 21.9 Å². The molecule has 1 heterocycles. The van der Waals surface area contributed by atoms with Crippen LogP contribution in [0.2, 0.25) is 0 Å². The lowest BCUT2D eigenvalue weighted by Crippen LogP contribution is -1.87. The monoisotopic (exact) mass is 388 g/mol. The molecule has 146 valence electrons. The Kier molecular flexibility index (Phi) is 4.02. The first-order valence-electron chi connectivity index (χ1n) is 11.0. The maximum atomic E-state index is 6.29. The molecule has 4 aromatic carbocycles. The van der Waals surface area contributed by atoms with Crippen LogP contribution in [0.25, 0.3) is 44.2 Å². The van der Waals surface area contributed by atoms with Gasteiger partial charge in [0.1, 0.15) is 11.2 Å². The molecule has 0 bridgehead atoms. The Morgan fingerprint density at radius 3 is 2.43 bits per heavy atom. The molecular weight excluding hydrogens is 364 g/mol. The van der Waals surface area contributed by atoms with Gasteiger partial charge in [-0.2, -0.15) is 0 Å². The van der Waals surface area contributed by atoms with Crippen molar-refractivity contribution in [1.29, 1.82) is 0 Å². The van der Waals surface area contributed by atoms with Gasteiger partial charge in [0, 0.05) is 16.3 Å². The van der Waals surface area contributed by atoms with Crippen LogP contribution in [0.4, 0.5) is 0 Å². The van der Waals surface area contributed by atoms with Crippen molar-refractivity contribution in [3.05, 3.63) is 95.6 Å². The third-order valence-electron chi connectivity index (χ3n) is 6.49. The maximum absolute atomic E-state index is 6.29. The van der Waals surface area contributed by atoms with Gasteiger partial charge >= 0.3 is 0 Å². The molecule has 0 spiro atoms. The van der Waals surface area contributed by atoms with E-state index in [9.17, 15) is 0 Å². The van der Waals surface area contributed by atoms with Gasteiger partial charge in [-0.3, -0.25) is 0 Å². The van der Waals surface area contributed by atoms with Crippen molar-refractivity contribution in [2.24, 2.45) is 0 Å². The van der Waals surface area contributed by atoms with Crippen LogP contribution >= 0.6 is 0 Å². The third-order valence-corrected chi connectivity index (χ3v) is 6.49. The number of aryl methyl sites for hydroxylation is 1. The predicted molar refractivity (Wildman–Crippen MR) is 126 cm³/mol. The molecule has 0 unspecified atom stereocenters. The predicted octanol–water partition coefficient (Wildman–Crippen LogP) is 8.17. The summed E-state index contributed by atoms with van der Waals surface area (Å²) in [6.45, 7) is 2.26. The van der Waals surface area contributed by atoms with E-state index in [2.05, 4.69) is 79.7 Å². The number of fused-ring (bicyclic) bond motifs is 6. The first kappa shape index (κ1) is 17.5. The van der Waals surface area contributed by atoms with E-state index >= 15 is 0 Å². The van der Waals surface area contributed by atoms with Gasteiger partial charge in [-0.25, -0.2) is 0 Å². The van der Waals surface area contributed by atoms with Crippen LogP contribution in [0.5, 0.6) is 0 Å². The Morgan fingerprint density at radius 1 is 0.733 bits per heavy atom. The van der Waals surface area contributed by atoms with Gasteiger partial charge in [0.2, 0.25) is 0 Å². The second-order valence-electron chi connectivity index (χ2n) is 8.42. The second kappa shape index (κ2) is 6.88. The maximum Gasteiger partial charge on any atom is 0.143 e. The lowest BCUT2D eigenvalue weighted by atomic mass is 9.96. The van der Waals surface area contributed by atoms with E-state index in [4.69, 9.17) is 4.42 Å². The average molecular weight is 389 g/mol. The van der Waals surface area contributed by atoms with E-state index in [1.54, 1.807) is 0 Å². The summed E-state index contributed by atoms with van der Waals surface area (Å²) >= 11 is 0. The SMILES string of the molecule is CCCCc1ccc2c(c1)-c1cc(-c3cccc4c3oc3ccccc34)ccc1C2. The van der Waals surface area contributed by atoms with Crippen molar-refractivity contribution in [3.8, 4) is 22.3 Å². The largest absolute Gasteiger partial charge is 0.455 e. The summed E-state index contributed by atoms with van der Waals surface area (Å²) in [5.74, 6) is 0. The fraction of sp³-hybridized carbons (Fsp3) is 0.172. The molecule has 1 aromatic heterocycles. The van der Waals surface area contributed by atoms with Crippen LogP contribution in [0.15, 0.2) is 83.3 Å². The summed E-state index contributed by atoms with van der Waals surface area (Å²) in [6.07, 6.45) is 4.68. The highest BCUT2D eigenvalue weighted by Crippen LogP contribution is 2.42. The normalized spacial score (nSPS) is 12.4. The number of unbranched alkanes of at least 4 members (excludes halogenated alkanes) is 1. The van der Waals surface area contributed by atoms with E-state index in [1.165, 1.54) is 62.6 Å². The molecule has 6 rings (SSSR count).